The van der Waals surface area contributed by atoms with Crippen molar-refractivity contribution in [3.05, 3.63) is 12.1 Å². The highest BCUT2D eigenvalue weighted by Gasteiger charge is 2.24. The molecular formula is C12H16N4OS. The van der Waals surface area contributed by atoms with Crippen LogP contribution in [0.1, 0.15) is 19.3 Å². The van der Waals surface area contributed by atoms with Gasteiger partial charge in [0.2, 0.25) is 0 Å². The van der Waals surface area contributed by atoms with E-state index in [9.17, 15) is 0 Å². The van der Waals surface area contributed by atoms with E-state index in [0.717, 1.165) is 16.5 Å². The smallest absolute Gasteiger partial charge is 0.160 e. The van der Waals surface area contributed by atoms with Crippen LogP contribution in [0.5, 0.6) is 0 Å². The molecule has 0 radical (unpaired) electrons. The van der Waals surface area contributed by atoms with Crippen LogP contribution < -0.4 is 11.1 Å². The van der Waals surface area contributed by atoms with Crippen molar-refractivity contribution in [1.82, 2.24) is 10.3 Å². The summed E-state index contributed by atoms with van der Waals surface area (Å²) in [5.74, 6) is 0. The molecule has 18 heavy (non-hydrogen) atoms. The zero-order valence-corrected chi connectivity index (χ0v) is 11.0. The minimum Gasteiger partial charge on any atom is -0.397 e. The highest BCUT2D eigenvalue weighted by Crippen LogP contribution is 2.32. The van der Waals surface area contributed by atoms with Gasteiger partial charge in [-0.3, -0.25) is 0 Å². The van der Waals surface area contributed by atoms with Crippen molar-refractivity contribution < 1.29 is 4.63 Å². The molecule has 1 aliphatic carbocycles. The first-order chi connectivity index (χ1) is 8.78. The van der Waals surface area contributed by atoms with Crippen molar-refractivity contribution >= 4 is 34.2 Å². The molecule has 3 N–H and O–H groups in total. The van der Waals surface area contributed by atoms with E-state index in [1.54, 1.807) is 0 Å². The number of benzene rings is 1. The summed E-state index contributed by atoms with van der Waals surface area (Å²) in [4.78, 5) is 0. The number of hydrogen-bond donors (Lipinski definition) is 2. The molecule has 96 valence electrons. The summed E-state index contributed by atoms with van der Waals surface area (Å²) < 4.78 is 4.77. The summed E-state index contributed by atoms with van der Waals surface area (Å²) >= 11 is 1.95. The summed E-state index contributed by atoms with van der Waals surface area (Å²) in [6, 6.07) is 4.30. The summed E-state index contributed by atoms with van der Waals surface area (Å²) in [5, 5.41) is 12.1. The van der Waals surface area contributed by atoms with Gasteiger partial charge < -0.3 is 11.1 Å². The monoisotopic (exact) mass is 264 g/mol. The molecule has 6 heteroatoms. The lowest BCUT2D eigenvalue weighted by Gasteiger charge is -2.14. The van der Waals surface area contributed by atoms with E-state index >= 15 is 0 Å². The van der Waals surface area contributed by atoms with Crippen LogP contribution in [0.3, 0.4) is 0 Å². The lowest BCUT2D eigenvalue weighted by molar-refractivity contribution is 0.315. The zero-order chi connectivity index (χ0) is 12.5. The normalized spacial score (nSPS) is 23.6. The van der Waals surface area contributed by atoms with Gasteiger partial charge in [0, 0.05) is 11.3 Å². The molecule has 2 unspecified atom stereocenters. The molecule has 1 fully saturated rings. The van der Waals surface area contributed by atoms with Gasteiger partial charge in [0.25, 0.3) is 0 Å². The topological polar surface area (TPSA) is 77.0 Å². The number of nitrogen functional groups attached to an aromatic ring is 1. The van der Waals surface area contributed by atoms with Crippen LogP contribution in [-0.2, 0) is 0 Å². The summed E-state index contributed by atoms with van der Waals surface area (Å²) in [7, 11) is 0. The molecule has 0 bridgehead atoms. The molecule has 1 heterocycles. The molecule has 0 amide bonds. The van der Waals surface area contributed by atoms with E-state index in [0.29, 0.717) is 17.2 Å². The van der Waals surface area contributed by atoms with Gasteiger partial charge in [0.15, 0.2) is 11.0 Å². The predicted octanol–water partition coefficient (Wildman–Crippen LogP) is 2.50. The van der Waals surface area contributed by atoms with Gasteiger partial charge in [-0.25, -0.2) is 4.63 Å². The maximum atomic E-state index is 5.83. The third-order valence-corrected chi connectivity index (χ3v) is 4.62. The average Bonchev–Trinajstić information content (AvgIpc) is 3.01. The Morgan fingerprint density at radius 1 is 1.33 bits per heavy atom. The lowest BCUT2D eigenvalue weighted by Crippen LogP contribution is -2.16. The van der Waals surface area contributed by atoms with Gasteiger partial charge in [-0.1, -0.05) is 0 Å². The van der Waals surface area contributed by atoms with Crippen molar-refractivity contribution in [1.29, 1.82) is 0 Å². The summed E-state index contributed by atoms with van der Waals surface area (Å²) in [6.45, 7) is 0. The zero-order valence-electron chi connectivity index (χ0n) is 10.2. The van der Waals surface area contributed by atoms with Gasteiger partial charge in [0.05, 0.1) is 11.4 Å². The Hall–Kier alpha value is -1.43. The largest absolute Gasteiger partial charge is 0.397 e. The van der Waals surface area contributed by atoms with E-state index in [4.69, 9.17) is 10.4 Å². The summed E-state index contributed by atoms with van der Waals surface area (Å²) in [5.41, 5.74) is 8.76. The third-order valence-electron chi connectivity index (χ3n) is 3.52. The number of hydrogen-bond acceptors (Lipinski definition) is 6. The molecule has 1 aromatic carbocycles. The Kier molecular flexibility index (Phi) is 3.03. The third kappa shape index (κ3) is 2.01. The second-order valence-electron chi connectivity index (χ2n) is 4.68. The Labute approximate surface area is 109 Å². The SMILES string of the molecule is CSC1CCC(Nc2ccc(N)c3nonc23)C1. The van der Waals surface area contributed by atoms with Crippen molar-refractivity contribution in [2.24, 2.45) is 0 Å². The van der Waals surface area contributed by atoms with Crippen molar-refractivity contribution in [3.8, 4) is 0 Å². The molecule has 5 nitrogen and oxygen atoms in total. The number of thioether (sulfide) groups is 1. The second kappa shape index (κ2) is 4.68. The molecule has 2 atom stereocenters. The molecule has 1 aliphatic rings. The van der Waals surface area contributed by atoms with Crippen LogP contribution >= 0.6 is 11.8 Å². The van der Waals surface area contributed by atoms with Gasteiger partial charge >= 0.3 is 0 Å². The van der Waals surface area contributed by atoms with Crippen LogP contribution in [-0.4, -0.2) is 27.9 Å². The average molecular weight is 264 g/mol. The summed E-state index contributed by atoms with van der Waals surface area (Å²) in [6.07, 6.45) is 5.84. The highest BCUT2D eigenvalue weighted by molar-refractivity contribution is 7.99. The Morgan fingerprint density at radius 3 is 2.94 bits per heavy atom. The number of aromatic nitrogens is 2. The number of nitrogens with two attached hydrogens (primary N) is 1. The van der Waals surface area contributed by atoms with E-state index in [1.807, 2.05) is 23.9 Å². The van der Waals surface area contributed by atoms with E-state index < -0.39 is 0 Å². The molecule has 3 rings (SSSR count). The fraction of sp³-hybridized carbons (Fsp3) is 0.500. The number of anilines is 2. The van der Waals surface area contributed by atoms with Crippen LogP contribution in [0.4, 0.5) is 11.4 Å². The Bertz CT molecular complexity index is 556. The van der Waals surface area contributed by atoms with Crippen LogP contribution in [0.2, 0.25) is 0 Å². The Morgan fingerprint density at radius 2 is 2.17 bits per heavy atom. The van der Waals surface area contributed by atoms with Crippen molar-refractivity contribution in [2.75, 3.05) is 17.3 Å². The fourth-order valence-electron chi connectivity index (χ4n) is 2.51. The van der Waals surface area contributed by atoms with E-state index in [1.165, 1.54) is 19.3 Å². The molecule has 0 saturated heterocycles. The van der Waals surface area contributed by atoms with Gasteiger partial charge in [-0.2, -0.15) is 11.8 Å². The maximum Gasteiger partial charge on any atom is 0.160 e. The second-order valence-corrected chi connectivity index (χ2v) is 5.81. The van der Waals surface area contributed by atoms with Gasteiger partial charge in [0.1, 0.15) is 0 Å². The number of nitrogens with zero attached hydrogens (tertiary/aromatic N) is 2. The predicted molar refractivity (Wildman–Crippen MR) is 74.8 cm³/mol. The molecular weight excluding hydrogens is 248 g/mol. The molecule has 1 aromatic heterocycles. The number of nitrogens with one attached hydrogen (secondary N) is 1. The first kappa shape index (κ1) is 11.6. The quantitative estimate of drug-likeness (QED) is 0.829. The van der Waals surface area contributed by atoms with Crippen LogP contribution in [0.15, 0.2) is 16.8 Å². The van der Waals surface area contributed by atoms with E-state index in [2.05, 4.69) is 21.9 Å². The van der Waals surface area contributed by atoms with Gasteiger partial charge in [-0.05, 0) is 48.0 Å². The Balaban J connectivity index is 1.83. The minimum atomic E-state index is 0.506. The maximum absolute atomic E-state index is 5.83. The first-order valence-corrected chi connectivity index (χ1v) is 7.37. The standard InChI is InChI=1S/C12H16N4OS/c1-18-8-3-2-7(6-8)14-10-5-4-9(13)11-12(10)16-17-15-11/h4-5,7-8,14H,2-3,6,13H2,1H3. The molecule has 1 saturated carbocycles. The van der Waals surface area contributed by atoms with Crippen LogP contribution in [0.25, 0.3) is 11.0 Å². The number of rotatable bonds is 3. The lowest BCUT2D eigenvalue weighted by atomic mass is 10.2. The van der Waals surface area contributed by atoms with Crippen LogP contribution in [0, 0.1) is 0 Å². The molecule has 0 spiro atoms. The van der Waals surface area contributed by atoms with Gasteiger partial charge in [-0.15, -0.1) is 0 Å². The first-order valence-electron chi connectivity index (χ1n) is 6.08. The molecule has 2 aromatic rings. The van der Waals surface area contributed by atoms with Crippen molar-refractivity contribution in [2.45, 2.75) is 30.6 Å². The number of fused-ring (bicyclic) bond motifs is 1. The minimum absolute atomic E-state index is 0.506. The van der Waals surface area contributed by atoms with E-state index in [-0.39, 0.29) is 0 Å². The molecule has 0 aliphatic heterocycles. The van der Waals surface area contributed by atoms with Crippen molar-refractivity contribution in [3.63, 3.8) is 0 Å². The fourth-order valence-corrected chi connectivity index (χ4v) is 3.30. The highest BCUT2D eigenvalue weighted by atomic mass is 32.2.